The minimum absolute atomic E-state index is 0.0733. The van der Waals surface area contributed by atoms with Gasteiger partial charge in [-0.1, -0.05) is 21.1 Å². The third-order valence-corrected chi connectivity index (χ3v) is 4.33. The molecule has 1 saturated heterocycles. The molecule has 2 amide bonds. The van der Waals surface area contributed by atoms with Crippen LogP contribution in [0.5, 0.6) is 0 Å². The van der Waals surface area contributed by atoms with Gasteiger partial charge >= 0.3 is 0 Å². The molecule has 120 valence electrons. The van der Waals surface area contributed by atoms with Crippen molar-refractivity contribution in [3.63, 3.8) is 0 Å². The summed E-state index contributed by atoms with van der Waals surface area (Å²) in [7, 11) is 0. The summed E-state index contributed by atoms with van der Waals surface area (Å²) in [4.78, 5) is 26.0. The largest absolute Gasteiger partial charge is 0.361 e. The Morgan fingerprint density at radius 2 is 2.04 bits per heavy atom. The van der Waals surface area contributed by atoms with E-state index >= 15 is 0 Å². The topological polar surface area (TPSA) is 75.4 Å². The van der Waals surface area contributed by atoms with Gasteiger partial charge in [-0.05, 0) is 37.6 Å². The van der Waals surface area contributed by atoms with Crippen LogP contribution in [0.4, 0.5) is 5.69 Å². The van der Waals surface area contributed by atoms with E-state index in [-0.39, 0.29) is 23.4 Å². The number of carbonyl (C=O) groups excluding carboxylic acids is 2. The number of anilines is 1. The summed E-state index contributed by atoms with van der Waals surface area (Å²) >= 11 is 3.39. The van der Waals surface area contributed by atoms with Gasteiger partial charge in [-0.15, -0.1) is 0 Å². The lowest BCUT2D eigenvalue weighted by molar-refractivity contribution is -0.123. The van der Waals surface area contributed by atoms with Crippen LogP contribution in [0.1, 0.15) is 21.8 Å². The Bertz CT molecular complexity index is 766. The SMILES string of the molecule is Cc1cc(C(=O)N2CC(C(=O)Nc3ccc(Br)cc3C)C2)no1. The molecular formula is C16H16BrN3O3. The Labute approximate surface area is 142 Å². The van der Waals surface area contributed by atoms with Crippen LogP contribution in [0.15, 0.2) is 33.3 Å². The molecule has 2 aromatic rings. The summed E-state index contributed by atoms with van der Waals surface area (Å²) in [6.45, 7) is 4.46. The number of nitrogens with one attached hydrogen (secondary N) is 1. The normalized spacial score (nSPS) is 14.5. The predicted molar refractivity (Wildman–Crippen MR) is 88.1 cm³/mol. The molecule has 2 heterocycles. The van der Waals surface area contributed by atoms with E-state index in [9.17, 15) is 9.59 Å². The van der Waals surface area contributed by atoms with Crippen LogP contribution in [-0.2, 0) is 4.79 Å². The summed E-state index contributed by atoms with van der Waals surface area (Å²) in [6.07, 6.45) is 0. The fourth-order valence-corrected chi connectivity index (χ4v) is 2.92. The number of amides is 2. The molecule has 0 saturated carbocycles. The zero-order valence-corrected chi connectivity index (χ0v) is 14.4. The van der Waals surface area contributed by atoms with Gasteiger partial charge in [0.1, 0.15) is 5.76 Å². The van der Waals surface area contributed by atoms with E-state index in [1.807, 2.05) is 25.1 Å². The molecule has 1 N–H and O–H groups in total. The van der Waals surface area contributed by atoms with Crippen LogP contribution in [0.2, 0.25) is 0 Å². The number of rotatable bonds is 3. The Balaban J connectivity index is 1.56. The first-order chi connectivity index (χ1) is 10.9. The fourth-order valence-electron chi connectivity index (χ4n) is 2.44. The number of aryl methyl sites for hydroxylation is 2. The van der Waals surface area contributed by atoms with E-state index in [0.29, 0.717) is 18.8 Å². The molecule has 1 aliphatic heterocycles. The first-order valence-electron chi connectivity index (χ1n) is 7.23. The lowest BCUT2D eigenvalue weighted by atomic mass is 9.98. The van der Waals surface area contributed by atoms with E-state index in [1.54, 1.807) is 17.9 Å². The van der Waals surface area contributed by atoms with Crippen LogP contribution in [-0.4, -0.2) is 35.0 Å². The van der Waals surface area contributed by atoms with Gasteiger partial charge in [0, 0.05) is 29.3 Å². The number of hydrogen-bond acceptors (Lipinski definition) is 4. The molecule has 1 aromatic carbocycles. The maximum Gasteiger partial charge on any atom is 0.276 e. The monoisotopic (exact) mass is 377 g/mol. The molecule has 23 heavy (non-hydrogen) atoms. The van der Waals surface area contributed by atoms with E-state index in [1.165, 1.54) is 0 Å². The molecule has 6 nitrogen and oxygen atoms in total. The summed E-state index contributed by atoms with van der Waals surface area (Å²) in [5.74, 6) is 0.116. The summed E-state index contributed by atoms with van der Waals surface area (Å²) in [5, 5.41) is 6.62. The Kier molecular flexibility index (Phi) is 4.21. The maximum atomic E-state index is 12.2. The predicted octanol–water partition coefficient (Wildman–Crippen LogP) is 2.76. The molecular weight excluding hydrogens is 362 g/mol. The molecule has 1 aromatic heterocycles. The molecule has 0 unspecified atom stereocenters. The maximum absolute atomic E-state index is 12.2. The highest BCUT2D eigenvalue weighted by Crippen LogP contribution is 2.23. The number of aromatic nitrogens is 1. The highest BCUT2D eigenvalue weighted by molar-refractivity contribution is 9.10. The first kappa shape index (κ1) is 15.7. The lowest BCUT2D eigenvalue weighted by Crippen LogP contribution is -2.54. The van der Waals surface area contributed by atoms with E-state index in [0.717, 1.165) is 15.7 Å². The molecule has 7 heteroatoms. The first-order valence-corrected chi connectivity index (χ1v) is 8.03. The van der Waals surface area contributed by atoms with Crippen molar-refractivity contribution in [1.29, 1.82) is 0 Å². The van der Waals surface area contributed by atoms with E-state index < -0.39 is 0 Å². The second kappa shape index (κ2) is 6.16. The Hall–Kier alpha value is -2.15. The molecule has 1 aliphatic rings. The Morgan fingerprint density at radius 1 is 1.30 bits per heavy atom. The molecule has 0 radical (unpaired) electrons. The third-order valence-electron chi connectivity index (χ3n) is 3.83. The van der Waals surface area contributed by atoms with Crippen molar-refractivity contribution in [1.82, 2.24) is 10.1 Å². The third kappa shape index (κ3) is 3.29. The number of hydrogen-bond donors (Lipinski definition) is 1. The fraction of sp³-hybridized carbons (Fsp3) is 0.312. The highest BCUT2D eigenvalue weighted by Gasteiger charge is 2.37. The molecule has 0 aliphatic carbocycles. The molecule has 0 spiro atoms. The van der Waals surface area contributed by atoms with Gasteiger partial charge in [0.15, 0.2) is 5.69 Å². The highest BCUT2D eigenvalue weighted by atomic mass is 79.9. The van der Waals surface area contributed by atoms with Crippen molar-refractivity contribution < 1.29 is 14.1 Å². The number of nitrogens with zero attached hydrogens (tertiary/aromatic N) is 2. The van der Waals surface area contributed by atoms with Gasteiger partial charge in [0.05, 0.1) is 5.92 Å². The van der Waals surface area contributed by atoms with Gasteiger partial charge in [-0.3, -0.25) is 9.59 Å². The second-order valence-corrected chi connectivity index (χ2v) is 6.59. The average molecular weight is 378 g/mol. The number of carbonyl (C=O) groups is 2. The zero-order valence-electron chi connectivity index (χ0n) is 12.8. The Morgan fingerprint density at radius 3 is 2.65 bits per heavy atom. The summed E-state index contributed by atoms with van der Waals surface area (Å²) < 4.78 is 5.87. The number of benzene rings is 1. The van der Waals surface area contributed by atoms with Crippen molar-refractivity contribution in [2.75, 3.05) is 18.4 Å². The molecule has 3 rings (SSSR count). The number of likely N-dealkylation sites (tertiary alicyclic amines) is 1. The van der Waals surface area contributed by atoms with Gasteiger partial charge in [0.25, 0.3) is 5.91 Å². The van der Waals surface area contributed by atoms with Gasteiger partial charge in [0.2, 0.25) is 5.91 Å². The van der Waals surface area contributed by atoms with E-state index in [4.69, 9.17) is 4.52 Å². The lowest BCUT2D eigenvalue weighted by Gasteiger charge is -2.37. The smallest absolute Gasteiger partial charge is 0.276 e. The molecule has 0 atom stereocenters. The van der Waals surface area contributed by atoms with Crippen LogP contribution in [0, 0.1) is 19.8 Å². The van der Waals surface area contributed by atoms with Crippen molar-refractivity contribution in [2.45, 2.75) is 13.8 Å². The molecule has 0 bridgehead atoms. The molecule has 1 fully saturated rings. The summed E-state index contributed by atoms with van der Waals surface area (Å²) in [5.41, 5.74) is 2.05. The van der Waals surface area contributed by atoms with Crippen molar-refractivity contribution in [2.24, 2.45) is 5.92 Å². The van der Waals surface area contributed by atoms with E-state index in [2.05, 4.69) is 26.4 Å². The quantitative estimate of drug-likeness (QED) is 0.891. The van der Waals surface area contributed by atoms with Crippen LogP contribution in [0.3, 0.4) is 0 Å². The minimum Gasteiger partial charge on any atom is -0.361 e. The van der Waals surface area contributed by atoms with Gasteiger partial charge in [-0.25, -0.2) is 0 Å². The zero-order chi connectivity index (χ0) is 16.6. The second-order valence-electron chi connectivity index (χ2n) is 5.68. The minimum atomic E-state index is -0.203. The van der Waals surface area contributed by atoms with Crippen LogP contribution < -0.4 is 5.32 Å². The summed E-state index contributed by atoms with van der Waals surface area (Å²) in [6, 6.07) is 7.28. The van der Waals surface area contributed by atoms with Gasteiger partial charge in [-0.2, -0.15) is 0 Å². The average Bonchev–Trinajstić information content (AvgIpc) is 2.87. The number of halogens is 1. The van der Waals surface area contributed by atoms with Crippen molar-refractivity contribution in [3.8, 4) is 0 Å². The standard InChI is InChI=1S/C16H16BrN3O3/c1-9-5-12(17)3-4-13(9)18-15(21)11-7-20(8-11)16(22)14-6-10(2)23-19-14/h3-6,11H,7-8H2,1-2H3,(H,18,21). The van der Waals surface area contributed by atoms with Crippen molar-refractivity contribution in [3.05, 3.63) is 45.8 Å². The van der Waals surface area contributed by atoms with Crippen LogP contribution >= 0.6 is 15.9 Å². The van der Waals surface area contributed by atoms with Gasteiger partial charge < -0.3 is 14.7 Å². The van der Waals surface area contributed by atoms with Crippen LogP contribution in [0.25, 0.3) is 0 Å². The van der Waals surface area contributed by atoms with Crippen molar-refractivity contribution >= 4 is 33.4 Å².